The van der Waals surface area contributed by atoms with E-state index >= 15 is 0 Å². The summed E-state index contributed by atoms with van der Waals surface area (Å²) >= 11 is 0. The van der Waals surface area contributed by atoms with E-state index in [9.17, 15) is 19.8 Å². The normalized spacial score (nSPS) is 19.2. The Balaban J connectivity index is 1.56. The van der Waals surface area contributed by atoms with Crippen molar-refractivity contribution in [3.8, 4) is 5.75 Å². The molecule has 1 atom stereocenters. The summed E-state index contributed by atoms with van der Waals surface area (Å²) in [5, 5.41) is 25.1. The molecule has 0 spiro atoms. The van der Waals surface area contributed by atoms with Gasteiger partial charge in [-0.2, -0.15) is 0 Å². The molecule has 1 aliphatic heterocycles. The maximum Gasteiger partial charge on any atom is 0.252 e. The molecule has 1 aromatic carbocycles. The molecule has 1 heterocycles. The molecule has 2 amide bonds. The van der Waals surface area contributed by atoms with Gasteiger partial charge < -0.3 is 25.6 Å². The number of nitrogens with one attached hydrogen (secondary N) is 2. The Bertz CT molecular complexity index is 715. The quantitative estimate of drug-likeness (QED) is 0.501. The van der Waals surface area contributed by atoms with E-state index in [0.717, 1.165) is 31.5 Å². The number of amides is 2. The maximum atomic E-state index is 12.7. The van der Waals surface area contributed by atoms with E-state index in [0.29, 0.717) is 32.2 Å². The number of nitrogens with zero attached hydrogens (tertiary/aromatic N) is 1. The fourth-order valence-corrected chi connectivity index (χ4v) is 4.11. The smallest absolute Gasteiger partial charge is 0.252 e. The van der Waals surface area contributed by atoms with Gasteiger partial charge >= 0.3 is 0 Å². The van der Waals surface area contributed by atoms with Crippen LogP contribution in [0.1, 0.15) is 48.0 Å². The molecule has 8 nitrogen and oxygen atoms in total. The van der Waals surface area contributed by atoms with Gasteiger partial charge in [-0.15, -0.1) is 0 Å². The summed E-state index contributed by atoms with van der Waals surface area (Å²) in [5.74, 6) is -0.425. The molecule has 2 fully saturated rings. The van der Waals surface area contributed by atoms with Crippen LogP contribution in [0.3, 0.4) is 0 Å². The first-order valence-electron chi connectivity index (χ1n) is 10.9. The van der Waals surface area contributed by atoms with E-state index in [1.807, 2.05) is 0 Å². The highest BCUT2D eigenvalue weighted by Crippen LogP contribution is 2.22. The summed E-state index contributed by atoms with van der Waals surface area (Å²) in [4.78, 5) is 27.3. The highest BCUT2D eigenvalue weighted by molar-refractivity contribution is 5.98. The molecule has 3 rings (SSSR count). The van der Waals surface area contributed by atoms with Crippen molar-refractivity contribution in [1.82, 2.24) is 15.5 Å². The number of morpholine rings is 1. The van der Waals surface area contributed by atoms with Crippen LogP contribution in [0, 0.1) is 5.92 Å². The molecule has 0 radical (unpaired) electrons. The molecule has 8 heteroatoms. The van der Waals surface area contributed by atoms with Gasteiger partial charge in [-0.1, -0.05) is 19.3 Å². The van der Waals surface area contributed by atoms with Crippen LogP contribution in [0.15, 0.2) is 18.2 Å². The molecule has 1 aromatic rings. The van der Waals surface area contributed by atoms with Crippen molar-refractivity contribution >= 4 is 11.8 Å². The summed E-state index contributed by atoms with van der Waals surface area (Å²) < 4.78 is 5.34. The molecule has 30 heavy (non-hydrogen) atoms. The number of phenols is 1. The second-order valence-electron chi connectivity index (χ2n) is 8.23. The molecule has 166 valence electrons. The van der Waals surface area contributed by atoms with E-state index < -0.39 is 18.6 Å². The van der Waals surface area contributed by atoms with Gasteiger partial charge in [-0.25, -0.2) is 0 Å². The Hall–Kier alpha value is -2.16. The largest absolute Gasteiger partial charge is 0.508 e. The van der Waals surface area contributed by atoms with Crippen molar-refractivity contribution in [2.45, 2.75) is 44.7 Å². The van der Waals surface area contributed by atoms with E-state index in [1.165, 1.54) is 25.3 Å². The van der Waals surface area contributed by atoms with Crippen LogP contribution < -0.4 is 10.6 Å². The fraction of sp³-hybridized carbons (Fsp3) is 0.636. The summed E-state index contributed by atoms with van der Waals surface area (Å²) in [6, 6.07) is 3.68. The first-order valence-corrected chi connectivity index (χ1v) is 10.9. The van der Waals surface area contributed by atoms with Crippen LogP contribution in [0.4, 0.5) is 0 Å². The predicted octanol–water partition coefficient (Wildman–Crippen LogP) is 1.01. The monoisotopic (exact) mass is 419 g/mol. The Morgan fingerprint density at radius 2 is 1.87 bits per heavy atom. The second-order valence-corrected chi connectivity index (χ2v) is 8.23. The maximum absolute atomic E-state index is 12.7. The Morgan fingerprint density at radius 1 is 1.13 bits per heavy atom. The predicted molar refractivity (Wildman–Crippen MR) is 112 cm³/mol. The number of aliphatic hydroxyl groups is 1. The lowest BCUT2D eigenvalue weighted by Crippen LogP contribution is -2.49. The highest BCUT2D eigenvalue weighted by atomic mass is 16.5. The lowest BCUT2D eigenvalue weighted by molar-refractivity contribution is -0.124. The van der Waals surface area contributed by atoms with Crippen molar-refractivity contribution in [2.24, 2.45) is 5.92 Å². The number of phenolic OH excluding ortho intramolecular Hbond substituents is 1. The van der Waals surface area contributed by atoms with Gasteiger partial charge in [0, 0.05) is 31.7 Å². The Morgan fingerprint density at radius 3 is 2.57 bits per heavy atom. The van der Waals surface area contributed by atoms with E-state index in [2.05, 4.69) is 15.5 Å². The minimum absolute atomic E-state index is 0.00629. The third-order valence-electron chi connectivity index (χ3n) is 5.84. The highest BCUT2D eigenvalue weighted by Gasteiger charge is 2.23. The average Bonchev–Trinajstić information content (AvgIpc) is 2.76. The van der Waals surface area contributed by atoms with Crippen LogP contribution in [-0.2, 0) is 16.1 Å². The molecule has 2 aliphatic rings. The fourth-order valence-electron chi connectivity index (χ4n) is 4.11. The van der Waals surface area contributed by atoms with Crippen LogP contribution in [0.25, 0.3) is 0 Å². The third-order valence-corrected chi connectivity index (χ3v) is 5.84. The molecule has 0 aromatic heterocycles. The first-order chi connectivity index (χ1) is 14.5. The molecular formula is C22H33N3O5. The van der Waals surface area contributed by atoms with Crippen molar-refractivity contribution in [3.63, 3.8) is 0 Å². The number of aromatic hydroxyl groups is 1. The number of aliphatic hydroxyl groups excluding tert-OH is 1. The van der Waals surface area contributed by atoms with Crippen molar-refractivity contribution in [1.29, 1.82) is 0 Å². The minimum atomic E-state index is -1.02. The molecule has 4 N–H and O–H groups in total. The van der Waals surface area contributed by atoms with Crippen molar-refractivity contribution in [3.05, 3.63) is 29.3 Å². The van der Waals surface area contributed by atoms with Gasteiger partial charge in [-0.3, -0.25) is 14.5 Å². The zero-order chi connectivity index (χ0) is 21.3. The number of rotatable bonds is 8. The molecule has 1 unspecified atom stereocenters. The first kappa shape index (κ1) is 22.5. The van der Waals surface area contributed by atoms with Crippen LogP contribution in [0.5, 0.6) is 5.75 Å². The molecule has 1 saturated carbocycles. The number of hydrogen-bond acceptors (Lipinski definition) is 6. The third kappa shape index (κ3) is 6.68. The van der Waals surface area contributed by atoms with Gasteiger partial charge in [0.25, 0.3) is 5.91 Å². The summed E-state index contributed by atoms with van der Waals surface area (Å²) in [6.45, 7) is 3.61. The molecule has 1 saturated heterocycles. The van der Waals surface area contributed by atoms with Crippen LogP contribution in [-0.4, -0.2) is 72.4 Å². The number of benzene rings is 1. The van der Waals surface area contributed by atoms with Crippen LogP contribution >= 0.6 is 0 Å². The number of carbonyl (C=O) groups is 2. The Kier molecular flexibility index (Phi) is 8.48. The number of hydrogen-bond donors (Lipinski definition) is 4. The zero-order valence-corrected chi connectivity index (χ0v) is 17.4. The Labute approximate surface area is 177 Å². The minimum Gasteiger partial charge on any atom is -0.508 e. The van der Waals surface area contributed by atoms with Gasteiger partial charge in [-0.05, 0) is 42.5 Å². The topological polar surface area (TPSA) is 111 Å². The van der Waals surface area contributed by atoms with Crippen LogP contribution in [0.2, 0.25) is 0 Å². The van der Waals surface area contributed by atoms with Crippen molar-refractivity contribution in [2.75, 3.05) is 39.5 Å². The van der Waals surface area contributed by atoms with Gasteiger partial charge in [0.05, 0.1) is 19.8 Å². The number of carbonyl (C=O) groups excluding carboxylic acids is 2. The van der Waals surface area contributed by atoms with E-state index in [1.54, 1.807) is 12.1 Å². The van der Waals surface area contributed by atoms with Gasteiger partial charge in [0.2, 0.25) is 5.91 Å². The number of ether oxygens (including phenoxy) is 1. The zero-order valence-electron chi connectivity index (χ0n) is 17.4. The summed E-state index contributed by atoms with van der Waals surface area (Å²) in [7, 11) is 0. The summed E-state index contributed by atoms with van der Waals surface area (Å²) in [6.07, 6.45) is 5.82. The SMILES string of the molecule is O=C(NC(CO)C(=O)NCC1CCCCC1)c1cc(O)cc(CN2CCOCC2)c1. The molecule has 0 bridgehead atoms. The molecular weight excluding hydrogens is 386 g/mol. The average molecular weight is 420 g/mol. The molecule has 1 aliphatic carbocycles. The second kappa shape index (κ2) is 11.3. The van der Waals surface area contributed by atoms with Crippen molar-refractivity contribution < 1.29 is 24.5 Å². The standard InChI is InChI=1S/C22H33N3O5/c26-15-20(22(29)23-13-16-4-2-1-3-5-16)24-21(28)18-10-17(11-19(27)12-18)14-25-6-8-30-9-7-25/h10-12,16,20,26-27H,1-9,13-15H2,(H,23,29)(H,24,28). The van der Waals surface area contributed by atoms with E-state index in [-0.39, 0.29) is 17.2 Å². The van der Waals surface area contributed by atoms with E-state index in [4.69, 9.17) is 4.74 Å². The summed E-state index contributed by atoms with van der Waals surface area (Å²) in [5.41, 5.74) is 1.07. The lowest BCUT2D eigenvalue weighted by atomic mass is 9.89. The van der Waals surface area contributed by atoms with Gasteiger partial charge in [0.1, 0.15) is 11.8 Å². The lowest BCUT2D eigenvalue weighted by Gasteiger charge is -2.26. The van der Waals surface area contributed by atoms with Gasteiger partial charge in [0.15, 0.2) is 0 Å².